The largest absolute Gasteiger partial charge is 0.508 e. The molecule has 0 aliphatic carbocycles. The maximum Gasteiger partial charge on any atom is 0.110 e. The Balaban J connectivity index is 3.58. The van der Waals surface area contributed by atoms with E-state index in [9.17, 15) is 0 Å². The lowest BCUT2D eigenvalue weighted by atomic mass is 10.2. The minimum Gasteiger partial charge on any atom is -0.508 e. The molecule has 0 rings (SSSR count). The fraction of sp³-hybridized carbons (Fsp3) is 0.333. The van der Waals surface area contributed by atoms with Crippen LogP contribution in [0.15, 0.2) is 24.5 Å². The van der Waals surface area contributed by atoms with Gasteiger partial charge in [0.15, 0.2) is 0 Å². The van der Waals surface area contributed by atoms with Gasteiger partial charge in [0.1, 0.15) is 5.76 Å². The van der Waals surface area contributed by atoms with Crippen LogP contribution in [0.1, 0.15) is 13.3 Å². The topological polar surface area (TPSA) is 20.2 Å². The normalized spacial score (nSPS) is 8.14. The van der Waals surface area contributed by atoms with Crippen molar-refractivity contribution in [2.45, 2.75) is 13.3 Å². The second kappa shape index (κ2) is 2.45. The molecule has 0 aromatic heterocycles. The van der Waals surface area contributed by atoms with Crippen LogP contribution in [-0.2, 0) is 0 Å². The van der Waals surface area contributed by atoms with Crippen LogP contribution in [0.5, 0.6) is 0 Å². The first kappa shape index (κ1) is 6.28. The Hall–Kier alpha value is -0.720. The number of allylic oxidation sites excluding steroid dienone is 1. The van der Waals surface area contributed by atoms with E-state index >= 15 is 0 Å². The van der Waals surface area contributed by atoms with Crippen LogP contribution in [0.25, 0.3) is 0 Å². The molecule has 0 spiro atoms. The van der Waals surface area contributed by atoms with Gasteiger partial charge in [-0.25, -0.2) is 0 Å². The van der Waals surface area contributed by atoms with Crippen molar-refractivity contribution in [1.29, 1.82) is 0 Å². The molecule has 40 valence electrons. The summed E-state index contributed by atoms with van der Waals surface area (Å²) >= 11 is 0. The predicted molar refractivity (Wildman–Crippen MR) is 31.2 cm³/mol. The predicted octanol–water partition coefficient (Wildman–Crippen LogP) is 2.02. The van der Waals surface area contributed by atoms with Crippen LogP contribution in [0.2, 0.25) is 0 Å². The molecule has 0 saturated heterocycles. The number of hydrogen-bond acceptors (Lipinski definition) is 1. The highest BCUT2D eigenvalue weighted by molar-refractivity contribution is 5.16. The highest BCUT2D eigenvalue weighted by atomic mass is 16.3. The average Bonchev–Trinajstić information content (AvgIpc) is 1.65. The summed E-state index contributed by atoms with van der Waals surface area (Å²) in [5.74, 6) is 0.0995. The van der Waals surface area contributed by atoms with Gasteiger partial charge in [-0.3, -0.25) is 0 Å². The first-order valence-corrected chi connectivity index (χ1v) is 2.24. The highest BCUT2D eigenvalue weighted by Gasteiger charge is 1.88. The number of aliphatic hydroxyl groups is 1. The standard InChI is InChI=1S/C6H10O/c1-4-5(2)6(3)7/h7H,2-4H2,1H3. The zero-order valence-electron chi connectivity index (χ0n) is 4.57. The van der Waals surface area contributed by atoms with Gasteiger partial charge in [0.2, 0.25) is 0 Å². The van der Waals surface area contributed by atoms with E-state index in [1.165, 1.54) is 0 Å². The lowest BCUT2D eigenvalue weighted by Gasteiger charge is -1.94. The van der Waals surface area contributed by atoms with Crippen LogP contribution in [0.4, 0.5) is 0 Å². The molecule has 1 nitrogen and oxygen atoms in total. The van der Waals surface area contributed by atoms with E-state index in [1.807, 2.05) is 6.92 Å². The van der Waals surface area contributed by atoms with E-state index in [0.29, 0.717) is 5.57 Å². The van der Waals surface area contributed by atoms with Crippen molar-refractivity contribution in [3.63, 3.8) is 0 Å². The third-order valence-corrected chi connectivity index (χ3v) is 0.835. The molecule has 1 heteroatoms. The van der Waals surface area contributed by atoms with E-state index in [-0.39, 0.29) is 5.76 Å². The molecule has 0 aromatic carbocycles. The summed E-state index contributed by atoms with van der Waals surface area (Å²) in [6, 6.07) is 0. The Kier molecular flexibility index (Phi) is 2.20. The van der Waals surface area contributed by atoms with Crippen LogP contribution >= 0.6 is 0 Å². The van der Waals surface area contributed by atoms with Gasteiger partial charge < -0.3 is 5.11 Å². The van der Waals surface area contributed by atoms with E-state index in [0.717, 1.165) is 6.42 Å². The fourth-order valence-corrected chi connectivity index (χ4v) is 0.204. The minimum atomic E-state index is 0.0995. The Morgan fingerprint density at radius 1 is 1.57 bits per heavy atom. The number of hydrogen-bond donors (Lipinski definition) is 1. The lowest BCUT2D eigenvalue weighted by Crippen LogP contribution is -1.79. The summed E-state index contributed by atoms with van der Waals surface area (Å²) in [6.07, 6.45) is 0.773. The van der Waals surface area contributed by atoms with Crippen LogP contribution < -0.4 is 0 Å². The summed E-state index contributed by atoms with van der Waals surface area (Å²) in [6.45, 7) is 8.73. The van der Waals surface area contributed by atoms with Crippen molar-refractivity contribution in [2.24, 2.45) is 0 Å². The Morgan fingerprint density at radius 3 is 2.00 bits per heavy atom. The van der Waals surface area contributed by atoms with E-state index < -0.39 is 0 Å². The van der Waals surface area contributed by atoms with Gasteiger partial charge in [0.25, 0.3) is 0 Å². The fourth-order valence-electron chi connectivity index (χ4n) is 0.204. The van der Waals surface area contributed by atoms with E-state index in [4.69, 9.17) is 5.11 Å². The van der Waals surface area contributed by atoms with Gasteiger partial charge in [-0.2, -0.15) is 0 Å². The Labute approximate surface area is 44.0 Å². The molecule has 0 atom stereocenters. The third-order valence-electron chi connectivity index (χ3n) is 0.835. The Bertz CT molecular complexity index is 92.4. The SMILES string of the molecule is C=C(O)C(=C)CC. The molecule has 0 aliphatic heterocycles. The van der Waals surface area contributed by atoms with Gasteiger partial charge in [0.05, 0.1) is 0 Å². The van der Waals surface area contributed by atoms with E-state index in [1.54, 1.807) is 0 Å². The van der Waals surface area contributed by atoms with Gasteiger partial charge in [-0.05, 0) is 12.0 Å². The van der Waals surface area contributed by atoms with Gasteiger partial charge >= 0.3 is 0 Å². The second-order valence-corrected chi connectivity index (χ2v) is 1.40. The van der Waals surface area contributed by atoms with Crippen molar-refractivity contribution in [1.82, 2.24) is 0 Å². The number of rotatable bonds is 2. The highest BCUT2D eigenvalue weighted by Crippen LogP contribution is 2.03. The monoisotopic (exact) mass is 98.1 g/mol. The summed E-state index contributed by atoms with van der Waals surface area (Å²) in [5, 5.41) is 8.53. The minimum absolute atomic E-state index is 0.0995. The van der Waals surface area contributed by atoms with Crippen molar-refractivity contribution < 1.29 is 5.11 Å². The van der Waals surface area contributed by atoms with Gasteiger partial charge in [-0.1, -0.05) is 20.1 Å². The molecule has 7 heavy (non-hydrogen) atoms. The van der Waals surface area contributed by atoms with Crippen molar-refractivity contribution >= 4 is 0 Å². The summed E-state index contributed by atoms with van der Waals surface area (Å²) in [7, 11) is 0. The van der Waals surface area contributed by atoms with Crippen molar-refractivity contribution in [2.75, 3.05) is 0 Å². The zero-order valence-corrected chi connectivity index (χ0v) is 4.57. The van der Waals surface area contributed by atoms with E-state index in [2.05, 4.69) is 13.2 Å². The van der Waals surface area contributed by atoms with Crippen molar-refractivity contribution in [3.8, 4) is 0 Å². The van der Waals surface area contributed by atoms with Gasteiger partial charge in [-0.15, -0.1) is 0 Å². The molecule has 0 saturated carbocycles. The molecule has 0 fully saturated rings. The average molecular weight is 98.1 g/mol. The first-order valence-electron chi connectivity index (χ1n) is 2.24. The molecule has 1 N–H and O–H groups in total. The third kappa shape index (κ3) is 2.04. The summed E-state index contributed by atoms with van der Waals surface area (Å²) in [4.78, 5) is 0. The van der Waals surface area contributed by atoms with Crippen LogP contribution in [0, 0.1) is 0 Å². The lowest BCUT2D eigenvalue weighted by molar-refractivity contribution is 0.423. The molecule has 0 unspecified atom stereocenters. The molecule has 0 radical (unpaired) electrons. The maximum atomic E-state index is 8.53. The summed E-state index contributed by atoms with van der Waals surface area (Å²) < 4.78 is 0. The molecule has 0 bridgehead atoms. The Morgan fingerprint density at radius 2 is 2.00 bits per heavy atom. The molecule has 0 heterocycles. The number of aliphatic hydroxyl groups excluding tert-OH is 1. The quantitative estimate of drug-likeness (QED) is 0.414. The molecule has 0 aliphatic rings. The first-order chi connectivity index (χ1) is 3.18. The molecule has 0 aromatic rings. The molecular formula is C6H10O. The second-order valence-electron chi connectivity index (χ2n) is 1.40. The van der Waals surface area contributed by atoms with Crippen LogP contribution in [0.3, 0.4) is 0 Å². The zero-order chi connectivity index (χ0) is 5.86. The van der Waals surface area contributed by atoms with Crippen LogP contribution in [-0.4, -0.2) is 5.11 Å². The smallest absolute Gasteiger partial charge is 0.110 e. The maximum absolute atomic E-state index is 8.53. The molecular weight excluding hydrogens is 88.1 g/mol. The molecule has 0 amide bonds. The van der Waals surface area contributed by atoms with Crippen molar-refractivity contribution in [3.05, 3.63) is 24.5 Å². The van der Waals surface area contributed by atoms with Gasteiger partial charge in [0, 0.05) is 0 Å². The summed E-state index contributed by atoms with van der Waals surface area (Å²) in [5.41, 5.74) is 0.708.